The zero-order valence-corrected chi connectivity index (χ0v) is 27.1. The van der Waals surface area contributed by atoms with Crippen molar-refractivity contribution in [2.45, 2.75) is 44.4 Å². The molecule has 224 valence electrons. The van der Waals surface area contributed by atoms with Crippen molar-refractivity contribution in [2.75, 3.05) is 27.3 Å². The van der Waals surface area contributed by atoms with Crippen molar-refractivity contribution in [3.8, 4) is 0 Å². The summed E-state index contributed by atoms with van der Waals surface area (Å²) in [6.07, 6.45) is 2.63. The Morgan fingerprint density at radius 2 is 1.16 bits per heavy atom. The maximum absolute atomic E-state index is 12.9. The molecular weight excluding hydrogens is 623 g/mol. The second kappa shape index (κ2) is 13.1. The molecule has 10 heteroatoms. The molecule has 2 unspecified atom stereocenters. The molecule has 0 spiro atoms. The topological polar surface area (TPSA) is 59.1 Å². The van der Waals surface area contributed by atoms with Gasteiger partial charge in [-0.25, -0.2) is 9.59 Å². The van der Waals surface area contributed by atoms with E-state index in [1.54, 1.807) is 0 Å². The molecule has 2 aromatic carbocycles. The minimum Gasteiger partial charge on any atom is -0.468 e. The van der Waals surface area contributed by atoms with E-state index < -0.39 is 12.1 Å². The first-order valence-corrected chi connectivity index (χ1v) is 16.6. The van der Waals surface area contributed by atoms with Crippen LogP contribution in [0.3, 0.4) is 0 Å². The van der Waals surface area contributed by atoms with E-state index in [2.05, 4.69) is 21.9 Å². The molecule has 0 fully saturated rings. The van der Waals surface area contributed by atoms with Gasteiger partial charge in [0.2, 0.25) is 0 Å². The van der Waals surface area contributed by atoms with Crippen molar-refractivity contribution >= 4 is 57.8 Å². The molecule has 0 saturated carbocycles. The lowest BCUT2D eigenvalue weighted by Gasteiger charge is -2.33. The van der Waals surface area contributed by atoms with Crippen LogP contribution in [0.2, 0.25) is 10.0 Å². The third kappa shape index (κ3) is 6.27. The van der Waals surface area contributed by atoms with Crippen LogP contribution in [0.15, 0.2) is 60.7 Å². The Kier molecular flexibility index (Phi) is 9.24. The first-order chi connectivity index (χ1) is 20.9. The molecule has 0 radical (unpaired) electrons. The largest absolute Gasteiger partial charge is 0.468 e. The van der Waals surface area contributed by atoms with E-state index in [1.807, 2.05) is 71.2 Å². The Balaban J connectivity index is 1.18. The smallest absolute Gasteiger partial charge is 0.327 e. The number of carbonyl (C=O) groups is 2. The highest BCUT2D eigenvalue weighted by Gasteiger charge is 2.35. The fourth-order valence-electron chi connectivity index (χ4n) is 6.18. The number of rotatable bonds is 8. The highest BCUT2D eigenvalue weighted by molar-refractivity contribution is 7.13. The number of carbonyl (C=O) groups excluding carboxylic acids is 2. The molecule has 0 aliphatic carbocycles. The van der Waals surface area contributed by atoms with E-state index in [4.69, 9.17) is 32.7 Å². The molecule has 2 aliphatic rings. The number of thiophene rings is 2. The van der Waals surface area contributed by atoms with Gasteiger partial charge < -0.3 is 9.47 Å². The van der Waals surface area contributed by atoms with Gasteiger partial charge in [-0.1, -0.05) is 59.6 Å². The van der Waals surface area contributed by atoms with Crippen LogP contribution in [0.25, 0.3) is 0 Å². The molecule has 0 amide bonds. The highest BCUT2D eigenvalue weighted by atomic mass is 35.5. The number of benzene rings is 2. The maximum Gasteiger partial charge on any atom is 0.327 e. The van der Waals surface area contributed by atoms with E-state index in [0.29, 0.717) is 23.1 Å². The number of halogens is 2. The first kappa shape index (κ1) is 30.3. The van der Waals surface area contributed by atoms with E-state index in [-0.39, 0.29) is 11.9 Å². The average molecular weight is 656 g/mol. The fourth-order valence-corrected chi connectivity index (χ4v) is 9.14. The standard InChI is InChI=1S/C33H32Cl2N2O4S2/c1-40-32(38)30(24-7-3-5-9-26(24)34)36-13-11-28-20(18-36)15-22(42-28)17-23-16-21-19-37(14-12-29(21)43-23)31(33(39)41-2)25-8-4-6-10-27(25)35/h3-10,15-16,30-31H,11-14,17-19H2,1-2H3. The van der Waals surface area contributed by atoms with Gasteiger partial charge >= 0.3 is 11.9 Å². The van der Waals surface area contributed by atoms with E-state index in [0.717, 1.165) is 43.5 Å². The van der Waals surface area contributed by atoms with Gasteiger partial charge in [-0.15, -0.1) is 22.7 Å². The van der Waals surface area contributed by atoms with Crippen LogP contribution in [0.5, 0.6) is 0 Å². The van der Waals surface area contributed by atoms with Crippen molar-refractivity contribution < 1.29 is 19.1 Å². The van der Waals surface area contributed by atoms with Crippen LogP contribution >= 0.6 is 45.9 Å². The van der Waals surface area contributed by atoms with Gasteiger partial charge in [0.15, 0.2) is 0 Å². The van der Waals surface area contributed by atoms with Crippen molar-refractivity contribution in [2.24, 2.45) is 0 Å². The summed E-state index contributed by atoms with van der Waals surface area (Å²) in [6.45, 7) is 2.86. The summed E-state index contributed by atoms with van der Waals surface area (Å²) >= 11 is 16.7. The van der Waals surface area contributed by atoms with Crippen molar-refractivity contribution in [1.82, 2.24) is 9.80 Å². The van der Waals surface area contributed by atoms with Crippen molar-refractivity contribution in [3.05, 3.63) is 112 Å². The number of hydrogen-bond donors (Lipinski definition) is 0. The zero-order valence-electron chi connectivity index (χ0n) is 24.0. The van der Waals surface area contributed by atoms with Crippen LogP contribution in [-0.4, -0.2) is 49.0 Å². The number of ether oxygens (including phenoxy) is 2. The lowest BCUT2D eigenvalue weighted by molar-refractivity contribution is -0.148. The van der Waals surface area contributed by atoms with Crippen LogP contribution in [0.4, 0.5) is 0 Å². The molecule has 4 heterocycles. The van der Waals surface area contributed by atoms with Gasteiger partial charge in [0.25, 0.3) is 0 Å². The summed E-state index contributed by atoms with van der Waals surface area (Å²) < 4.78 is 10.4. The molecule has 2 aliphatic heterocycles. The second-order valence-electron chi connectivity index (χ2n) is 10.8. The number of hydrogen-bond acceptors (Lipinski definition) is 8. The van der Waals surface area contributed by atoms with Crippen LogP contribution in [0, 0.1) is 0 Å². The Morgan fingerprint density at radius 3 is 1.56 bits per heavy atom. The van der Waals surface area contributed by atoms with Crippen molar-refractivity contribution in [3.63, 3.8) is 0 Å². The Labute approximate surface area is 269 Å². The second-order valence-corrected chi connectivity index (χ2v) is 14.1. The minimum atomic E-state index is -0.540. The molecule has 2 atom stereocenters. The van der Waals surface area contributed by atoms with Gasteiger partial charge in [-0.3, -0.25) is 9.80 Å². The molecule has 2 aromatic heterocycles. The third-order valence-electron chi connectivity index (χ3n) is 8.22. The molecule has 6 nitrogen and oxygen atoms in total. The molecule has 6 rings (SSSR count). The van der Waals surface area contributed by atoms with Gasteiger partial charge in [-0.2, -0.15) is 0 Å². The fraction of sp³-hybridized carbons (Fsp3) is 0.333. The molecule has 43 heavy (non-hydrogen) atoms. The van der Waals surface area contributed by atoms with E-state index >= 15 is 0 Å². The summed E-state index contributed by atoms with van der Waals surface area (Å²) in [6, 6.07) is 18.5. The Hall–Kier alpha value is -2.72. The average Bonchev–Trinajstić information content (AvgIpc) is 3.61. The van der Waals surface area contributed by atoms with Crippen molar-refractivity contribution in [1.29, 1.82) is 0 Å². The van der Waals surface area contributed by atoms with Gasteiger partial charge in [0.05, 0.1) is 14.2 Å². The van der Waals surface area contributed by atoms with Crippen LogP contribution < -0.4 is 0 Å². The normalized spacial score (nSPS) is 16.7. The molecule has 4 aromatic rings. The predicted molar refractivity (Wildman–Crippen MR) is 172 cm³/mol. The Morgan fingerprint density at radius 1 is 0.744 bits per heavy atom. The SMILES string of the molecule is COC(=O)C(c1ccccc1Cl)N1CCc2sc(Cc3cc4c(s3)CCN(C(C(=O)OC)c3ccccc3Cl)C4)cc2C1. The van der Waals surface area contributed by atoms with Crippen LogP contribution in [0.1, 0.15) is 53.8 Å². The summed E-state index contributed by atoms with van der Waals surface area (Å²) in [7, 11) is 2.85. The predicted octanol–water partition coefficient (Wildman–Crippen LogP) is 7.25. The third-order valence-corrected chi connectivity index (χ3v) is 11.4. The van der Waals surface area contributed by atoms with Gasteiger partial charge in [0.1, 0.15) is 12.1 Å². The highest BCUT2D eigenvalue weighted by Crippen LogP contribution is 2.39. The van der Waals surface area contributed by atoms with Gasteiger partial charge in [-0.05, 0) is 59.4 Å². The summed E-state index contributed by atoms with van der Waals surface area (Å²) in [5.41, 5.74) is 4.08. The van der Waals surface area contributed by atoms with Gasteiger partial charge in [0, 0.05) is 62.2 Å². The molecule has 0 N–H and O–H groups in total. The zero-order chi connectivity index (χ0) is 30.1. The maximum atomic E-state index is 12.9. The lowest BCUT2D eigenvalue weighted by Crippen LogP contribution is -2.38. The molecule has 0 saturated heterocycles. The quantitative estimate of drug-likeness (QED) is 0.187. The minimum absolute atomic E-state index is 0.297. The number of nitrogens with zero attached hydrogens (tertiary/aromatic N) is 2. The number of fused-ring (bicyclic) bond motifs is 2. The van der Waals surface area contributed by atoms with Crippen LogP contribution in [-0.2, 0) is 51.4 Å². The molecular formula is C33H32Cl2N2O4S2. The van der Waals surface area contributed by atoms with E-state index in [9.17, 15) is 9.59 Å². The lowest BCUT2D eigenvalue weighted by atomic mass is 10.0. The monoisotopic (exact) mass is 654 g/mol. The summed E-state index contributed by atoms with van der Waals surface area (Å²) in [5, 5.41) is 1.14. The first-order valence-electron chi connectivity index (χ1n) is 14.2. The Bertz CT molecular complexity index is 1530. The number of esters is 2. The molecule has 0 bridgehead atoms. The van der Waals surface area contributed by atoms with E-state index in [1.165, 1.54) is 44.9 Å². The summed E-state index contributed by atoms with van der Waals surface area (Å²) in [4.78, 5) is 35.5. The summed E-state index contributed by atoms with van der Waals surface area (Å²) in [5.74, 6) is -0.594. The number of methoxy groups -OCH3 is 2.